The van der Waals surface area contributed by atoms with Crippen molar-refractivity contribution in [3.8, 4) is 11.5 Å². The lowest BCUT2D eigenvalue weighted by atomic mass is 9.96. The monoisotopic (exact) mass is 331 g/mol. The van der Waals surface area contributed by atoms with E-state index in [0.29, 0.717) is 12.4 Å². The number of ether oxygens (including phenoxy) is 3. The molecule has 5 heteroatoms. The van der Waals surface area contributed by atoms with Crippen LogP contribution < -0.4 is 14.8 Å². The van der Waals surface area contributed by atoms with Crippen LogP contribution in [-0.2, 0) is 4.74 Å². The van der Waals surface area contributed by atoms with Crippen molar-refractivity contribution in [3.05, 3.63) is 59.4 Å². The number of nitrogens with one attached hydrogen (secondary N) is 1. The van der Waals surface area contributed by atoms with E-state index in [9.17, 15) is 4.39 Å². The average Bonchev–Trinajstić information content (AvgIpc) is 3.13. The SMILES string of the molecule is COc1cccc([C@H](N[C@H]2CCOC2)c2cc(F)ccc2OC)c1. The van der Waals surface area contributed by atoms with E-state index in [0.717, 1.165) is 29.9 Å². The summed E-state index contributed by atoms with van der Waals surface area (Å²) in [7, 11) is 3.23. The molecule has 1 fully saturated rings. The van der Waals surface area contributed by atoms with Crippen LogP contribution in [0.25, 0.3) is 0 Å². The summed E-state index contributed by atoms with van der Waals surface area (Å²) < 4.78 is 30.1. The van der Waals surface area contributed by atoms with Crippen LogP contribution in [0.5, 0.6) is 11.5 Å². The highest BCUT2D eigenvalue weighted by molar-refractivity contribution is 5.44. The minimum Gasteiger partial charge on any atom is -0.497 e. The highest BCUT2D eigenvalue weighted by atomic mass is 19.1. The average molecular weight is 331 g/mol. The van der Waals surface area contributed by atoms with Gasteiger partial charge in [-0.3, -0.25) is 0 Å². The standard InChI is InChI=1S/C19H22FNO3/c1-22-16-5-3-4-13(10-16)19(21-15-8-9-24-12-15)17-11-14(20)6-7-18(17)23-2/h3-7,10-11,15,19,21H,8-9,12H2,1-2H3/t15-,19-/m0/s1. The van der Waals surface area contributed by atoms with Crippen molar-refractivity contribution in [2.45, 2.75) is 18.5 Å². The Bertz CT molecular complexity index is 686. The van der Waals surface area contributed by atoms with Crippen LogP contribution in [0.3, 0.4) is 0 Å². The molecule has 4 nitrogen and oxygen atoms in total. The van der Waals surface area contributed by atoms with Gasteiger partial charge < -0.3 is 19.5 Å². The minimum atomic E-state index is -0.289. The van der Waals surface area contributed by atoms with E-state index in [1.54, 1.807) is 20.3 Å². The Hall–Kier alpha value is -2.11. The molecular formula is C19H22FNO3. The zero-order chi connectivity index (χ0) is 16.9. The Morgan fingerprint density at radius 3 is 2.75 bits per heavy atom. The highest BCUT2D eigenvalue weighted by Crippen LogP contribution is 2.33. The molecule has 2 aromatic rings. The maximum Gasteiger partial charge on any atom is 0.124 e. The maximum atomic E-state index is 13.9. The molecule has 0 spiro atoms. The van der Waals surface area contributed by atoms with Gasteiger partial charge >= 0.3 is 0 Å². The maximum absolute atomic E-state index is 13.9. The summed E-state index contributed by atoms with van der Waals surface area (Å²) in [6.07, 6.45) is 0.929. The van der Waals surface area contributed by atoms with Crippen molar-refractivity contribution in [1.29, 1.82) is 0 Å². The molecule has 1 aliphatic heterocycles. The second kappa shape index (κ2) is 7.64. The van der Waals surface area contributed by atoms with E-state index in [1.165, 1.54) is 12.1 Å². The van der Waals surface area contributed by atoms with Gasteiger partial charge in [0.25, 0.3) is 0 Å². The Kier molecular flexibility index (Phi) is 5.33. The lowest BCUT2D eigenvalue weighted by Crippen LogP contribution is -2.34. The van der Waals surface area contributed by atoms with Crippen molar-refractivity contribution in [3.63, 3.8) is 0 Å². The van der Waals surface area contributed by atoms with Gasteiger partial charge in [-0.25, -0.2) is 4.39 Å². The van der Waals surface area contributed by atoms with Crippen LogP contribution in [0.15, 0.2) is 42.5 Å². The van der Waals surface area contributed by atoms with Crippen LogP contribution >= 0.6 is 0 Å². The van der Waals surface area contributed by atoms with E-state index >= 15 is 0 Å². The fourth-order valence-corrected chi connectivity index (χ4v) is 3.02. The molecule has 2 atom stereocenters. The van der Waals surface area contributed by atoms with E-state index in [-0.39, 0.29) is 17.9 Å². The topological polar surface area (TPSA) is 39.7 Å². The van der Waals surface area contributed by atoms with Crippen molar-refractivity contribution >= 4 is 0 Å². The van der Waals surface area contributed by atoms with Gasteiger partial charge in [0.05, 0.1) is 26.9 Å². The number of rotatable bonds is 6. The van der Waals surface area contributed by atoms with Gasteiger partial charge in [0.2, 0.25) is 0 Å². The molecule has 1 saturated heterocycles. The van der Waals surface area contributed by atoms with Gasteiger partial charge in [0, 0.05) is 18.2 Å². The normalized spacial score (nSPS) is 18.4. The molecule has 1 N–H and O–H groups in total. The quantitative estimate of drug-likeness (QED) is 0.881. The van der Waals surface area contributed by atoms with Crippen LogP contribution in [0.1, 0.15) is 23.6 Å². The zero-order valence-electron chi connectivity index (χ0n) is 13.9. The number of halogens is 1. The minimum absolute atomic E-state index is 0.211. The first-order valence-corrected chi connectivity index (χ1v) is 8.02. The molecule has 0 bridgehead atoms. The third kappa shape index (κ3) is 3.68. The molecule has 128 valence electrons. The van der Waals surface area contributed by atoms with E-state index in [1.807, 2.05) is 24.3 Å². The molecule has 1 aliphatic rings. The Balaban J connectivity index is 2.02. The first-order chi connectivity index (χ1) is 11.7. The van der Waals surface area contributed by atoms with E-state index in [4.69, 9.17) is 14.2 Å². The van der Waals surface area contributed by atoms with E-state index < -0.39 is 0 Å². The van der Waals surface area contributed by atoms with Crippen LogP contribution in [0.2, 0.25) is 0 Å². The second-order valence-electron chi connectivity index (χ2n) is 5.82. The summed E-state index contributed by atoms with van der Waals surface area (Å²) >= 11 is 0. The molecule has 3 rings (SSSR count). The fourth-order valence-electron chi connectivity index (χ4n) is 3.02. The van der Waals surface area contributed by atoms with Crippen LogP contribution in [0, 0.1) is 5.82 Å². The number of hydrogen-bond acceptors (Lipinski definition) is 4. The zero-order valence-corrected chi connectivity index (χ0v) is 13.9. The third-order valence-electron chi connectivity index (χ3n) is 4.26. The first kappa shape index (κ1) is 16.7. The third-order valence-corrected chi connectivity index (χ3v) is 4.26. The molecule has 0 aliphatic carbocycles. The largest absolute Gasteiger partial charge is 0.497 e. The van der Waals surface area contributed by atoms with Crippen molar-refractivity contribution in [1.82, 2.24) is 5.32 Å². The van der Waals surface area contributed by atoms with Crippen molar-refractivity contribution in [2.24, 2.45) is 0 Å². The second-order valence-corrected chi connectivity index (χ2v) is 5.82. The molecule has 1 heterocycles. The van der Waals surface area contributed by atoms with Gasteiger partial charge in [-0.05, 0) is 42.3 Å². The van der Waals surface area contributed by atoms with Gasteiger partial charge in [0.15, 0.2) is 0 Å². The van der Waals surface area contributed by atoms with Crippen molar-refractivity contribution < 1.29 is 18.6 Å². The van der Waals surface area contributed by atoms with E-state index in [2.05, 4.69) is 5.32 Å². The van der Waals surface area contributed by atoms with Gasteiger partial charge in [-0.1, -0.05) is 12.1 Å². The smallest absolute Gasteiger partial charge is 0.124 e. The molecule has 0 aromatic heterocycles. The highest BCUT2D eigenvalue weighted by Gasteiger charge is 2.25. The molecule has 0 amide bonds. The molecule has 0 saturated carbocycles. The van der Waals surface area contributed by atoms with Gasteiger partial charge in [-0.15, -0.1) is 0 Å². The number of benzene rings is 2. The summed E-state index contributed by atoms with van der Waals surface area (Å²) in [6, 6.07) is 12.4. The fraction of sp³-hybridized carbons (Fsp3) is 0.368. The summed E-state index contributed by atoms with van der Waals surface area (Å²) in [6.45, 7) is 1.39. The summed E-state index contributed by atoms with van der Waals surface area (Å²) in [5.41, 5.74) is 1.75. The van der Waals surface area contributed by atoms with Gasteiger partial charge in [-0.2, -0.15) is 0 Å². The lowest BCUT2D eigenvalue weighted by molar-refractivity contribution is 0.188. The molecule has 0 unspecified atom stereocenters. The molecule has 2 aromatic carbocycles. The summed E-state index contributed by atoms with van der Waals surface area (Å²) in [5.74, 6) is 1.12. The molecule has 0 radical (unpaired) electrons. The van der Waals surface area contributed by atoms with Gasteiger partial charge in [0.1, 0.15) is 17.3 Å². The molecule has 24 heavy (non-hydrogen) atoms. The lowest BCUT2D eigenvalue weighted by Gasteiger charge is -2.25. The Labute approximate surface area is 141 Å². The predicted molar refractivity (Wildman–Crippen MR) is 90.1 cm³/mol. The van der Waals surface area contributed by atoms with Crippen LogP contribution in [0.4, 0.5) is 4.39 Å². The van der Waals surface area contributed by atoms with Crippen LogP contribution in [-0.4, -0.2) is 33.5 Å². The Morgan fingerprint density at radius 2 is 2.04 bits per heavy atom. The first-order valence-electron chi connectivity index (χ1n) is 8.02. The number of methoxy groups -OCH3 is 2. The summed E-state index contributed by atoms with van der Waals surface area (Å²) in [5, 5.41) is 3.57. The van der Waals surface area contributed by atoms with Crippen molar-refractivity contribution in [2.75, 3.05) is 27.4 Å². The predicted octanol–water partition coefficient (Wildman–Crippen LogP) is 3.31. The number of hydrogen-bond donors (Lipinski definition) is 1. The molecular weight excluding hydrogens is 309 g/mol. The summed E-state index contributed by atoms with van der Waals surface area (Å²) in [4.78, 5) is 0. The Morgan fingerprint density at radius 1 is 1.17 bits per heavy atom.